The third-order valence-electron chi connectivity index (χ3n) is 2.18. The van der Waals surface area contributed by atoms with Gasteiger partial charge >= 0.3 is 0 Å². The van der Waals surface area contributed by atoms with E-state index in [2.05, 4.69) is 9.97 Å². The van der Waals surface area contributed by atoms with E-state index >= 15 is 0 Å². The van der Waals surface area contributed by atoms with Crippen molar-refractivity contribution in [1.29, 1.82) is 5.26 Å². The summed E-state index contributed by atoms with van der Waals surface area (Å²) in [6.45, 7) is 0. The molecule has 0 unspecified atom stereocenters. The summed E-state index contributed by atoms with van der Waals surface area (Å²) in [5, 5.41) is 8.64. The number of anilines is 1. The van der Waals surface area contributed by atoms with Gasteiger partial charge in [0.1, 0.15) is 0 Å². The minimum absolute atomic E-state index is 0.0490. The van der Waals surface area contributed by atoms with Crippen molar-refractivity contribution >= 4 is 5.95 Å². The van der Waals surface area contributed by atoms with Crippen LogP contribution >= 0.6 is 0 Å². The Hall–Kier alpha value is -2.88. The van der Waals surface area contributed by atoms with Crippen molar-refractivity contribution in [3.8, 4) is 23.6 Å². The second kappa shape index (κ2) is 5.18. The molecule has 0 aliphatic heterocycles. The van der Waals surface area contributed by atoms with E-state index in [0.717, 1.165) is 6.07 Å². The van der Waals surface area contributed by atoms with Crippen LogP contribution in [0.1, 0.15) is 5.56 Å². The lowest BCUT2D eigenvalue weighted by atomic mass is 10.2. The highest BCUT2D eigenvalue weighted by molar-refractivity contribution is 5.39. The number of rotatable bonds is 3. The molecule has 1 aromatic carbocycles. The summed E-state index contributed by atoms with van der Waals surface area (Å²) in [6, 6.07) is 7.02. The van der Waals surface area contributed by atoms with Gasteiger partial charge in [0.05, 0.1) is 24.8 Å². The highest BCUT2D eigenvalue weighted by Gasteiger charge is 2.09. The number of ether oxygens (including phenoxy) is 2. The highest BCUT2D eigenvalue weighted by Crippen LogP contribution is 2.26. The van der Waals surface area contributed by atoms with Crippen molar-refractivity contribution in [3.63, 3.8) is 0 Å². The molecule has 0 atom stereocenters. The smallest absolute Gasteiger partial charge is 0.228 e. The first-order valence-electron chi connectivity index (χ1n) is 5.18. The molecule has 1 heterocycles. The number of nitrogen functional groups attached to an aromatic ring is 1. The molecule has 19 heavy (non-hydrogen) atoms. The van der Waals surface area contributed by atoms with Gasteiger partial charge in [0, 0.05) is 0 Å². The van der Waals surface area contributed by atoms with Crippen LogP contribution in [0.3, 0.4) is 0 Å². The topological polar surface area (TPSA) is 94.0 Å². The van der Waals surface area contributed by atoms with Gasteiger partial charge in [0.25, 0.3) is 0 Å². The van der Waals surface area contributed by atoms with E-state index in [1.54, 1.807) is 0 Å². The van der Waals surface area contributed by atoms with Crippen LogP contribution in [0.25, 0.3) is 0 Å². The Morgan fingerprint density at radius 2 is 2.00 bits per heavy atom. The van der Waals surface area contributed by atoms with Crippen molar-refractivity contribution in [2.45, 2.75) is 0 Å². The molecule has 1 aromatic heterocycles. The molecular weight excluding hydrogens is 251 g/mol. The van der Waals surface area contributed by atoms with Crippen molar-refractivity contribution < 1.29 is 13.9 Å². The second-order valence-corrected chi connectivity index (χ2v) is 3.47. The fourth-order valence-electron chi connectivity index (χ4n) is 1.34. The molecule has 2 aromatic rings. The van der Waals surface area contributed by atoms with Crippen molar-refractivity contribution in [2.24, 2.45) is 0 Å². The molecule has 7 heteroatoms. The van der Waals surface area contributed by atoms with Crippen LogP contribution in [-0.4, -0.2) is 17.1 Å². The lowest BCUT2D eigenvalue weighted by molar-refractivity contribution is 0.385. The summed E-state index contributed by atoms with van der Waals surface area (Å²) in [4.78, 5) is 7.56. The molecule has 0 bridgehead atoms. The molecule has 0 aliphatic carbocycles. The molecule has 96 valence electrons. The summed E-state index contributed by atoms with van der Waals surface area (Å²) < 4.78 is 23.8. The van der Waals surface area contributed by atoms with Crippen LogP contribution in [-0.2, 0) is 0 Å². The normalized spacial score (nSPS) is 9.74. The van der Waals surface area contributed by atoms with Crippen molar-refractivity contribution in [3.05, 3.63) is 35.6 Å². The van der Waals surface area contributed by atoms with Gasteiger partial charge in [-0.15, -0.1) is 0 Å². The average molecular weight is 260 g/mol. The van der Waals surface area contributed by atoms with Gasteiger partial charge in [0.2, 0.25) is 17.7 Å². The minimum Gasteiger partial charge on any atom is -0.481 e. The van der Waals surface area contributed by atoms with Gasteiger partial charge in [0.15, 0.2) is 11.6 Å². The summed E-state index contributed by atoms with van der Waals surface area (Å²) in [5.74, 6) is -0.540. The Morgan fingerprint density at radius 3 is 2.63 bits per heavy atom. The zero-order valence-corrected chi connectivity index (χ0v) is 9.92. The van der Waals surface area contributed by atoms with Gasteiger partial charge in [-0.25, -0.2) is 4.39 Å². The van der Waals surface area contributed by atoms with Gasteiger partial charge in [-0.3, -0.25) is 0 Å². The Balaban J connectivity index is 2.31. The van der Waals surface area contributed by atoms with E-state index < -0.39 is 5.82 Å². The van der Waals surface area contributed by atoms with Crippen molar-refractivity contribution in [1.82, 2.24) is 9.97 Å². The Morgan fingerprint density at radius 1 is 1.26 bits per heavy atom. The predicted molar refractivity (Wildman–Crippen MR) is 64.2 cm³/mol. The maximum Gasteiger partial charge on any atom is 0.228 e. The number of aromatic nitrogens is 2. The molecule has 0 saturated heterocycles. The molecule has 0 radical (unpaired) electrons. The van der Waals surface area contributed by atoms with E-state index in [-0.39, 0.29) is 29.0 Å². The van der Waals surface area contributed by atoms with E-state index in [1.165, 1.54) is 25.3 Å². The number of hydrogen-bond donors (Lipinski definition) is 1. The van der Waals surface area contributed by atoms with Crippen LogP contribution in [0.5, 0.6) is 17.5 Å². The summed E-state index contributed by atoms with van der Waals surface area (Å²) >= 11 is 0. The first kappa shape index (κ1) is 12.6. The zero-order valence-electron chi connectivity index (χ0n) is 9.92. The lowest BCUT2D eigenvalue weighted by Crippen LogP contribution is -2.00. The zero-order chi connectivity index (χ0) is 13.8. The molecule has 2 rings (SSSR count). The number of nitriles is 1. The van der Waals surface area contributed by atoms with Gasteiger partial charge < -0.3 is 15.2 Å². The molecule has 0 saturated carbocycles. The minimum atomic E-state index is -0.671. The lowest BCUT2D eigenvalue weighted by Gasteiger charge is -2.07. The first-order chi connectivity index (χ1) is 9.12. The fraction of sp³-hybridized carbons (Fsp3) is 0.0833. The van der Waals surface area contributed by atoms with Crippen LogP contribution in [0.15, 0.2) is 24.3 Å². The molecule has 0 aliphatic rings. The quantitative estimate of drug-likeness (QED) is 0.905. The number of halogens is 1. The Labute approximate surface area is 108 Å². The van der Waals surface area contributed by atoms with Crippen LogP contribution in [0.4, 0.5) is 10.3 Å². The van der Waals surface area contributed by atoms with E-state index in [0.29, 0.717) is 0 Å². The highest BCUT2D eigenvalue weighted by atomic mass is 19.1. The van der Waals surface area contributed by atoms with Crippen LogP contribution < -0.4 is 15.2 Å². The monoisotopic (exact) mass is 260 g/mol. The molecule has 2 N–H and O–H groups in total. The summed E-state index contributed by atoms with van der Waals surface area (Å²) in [6.07, 6.45) is 0. The number of benzene rings is 1. The number of hydrogen-bond acceptors (Lipinski definition) is 6. The average Bonchev–Trinajstić information content (AvgIpc) is 2.40. The predicted octanol–water partition coefficient (Wildman–Crippen LogP) is 1.87. The first-order valence-corrected chi connectivity index (χ1v) is 5.18. The second-order valence-electron chi connectivity index (χ2n) is 3.47. The summed E-state index contributed by atoms with van der Waals surface area (Å²) in [7, 11) is 1.41. The summed E-state index contributed by atoms with van der Waals surface area (Å²) in [5.41, 5.74) is 5.65. The SMILES string of the molecule is COc1cc(Oc2ccc(C#N)cc2F)nc(N)n1. The third-order valence-corrected chi connectivity index (χ3v) is 2.18. The van der Waals surface area contributed by atoms with E-state index in [9.17, 15) is 4.39 Å². The molecule has 0 amide bonds. The maximum atomic E-state index is 13.6. The van der Waals surface area contributed by atoms with Gasteiger partial charge in [-0.05, 0) is 18.2 Å². The third kappa shape index (κ3) is 2.87. The largest absolute Gasteiger partial charge is 0.481 e. The van der Waals surface area contributed by atoms with Gasteiger partial charge in [-0.1, -0.05) is 0 Å². The Kier molecular flexibility index (Phi) is 3.43. The standard InChI is InChI=1S/C12H9FN4O2/c1-18-10-5-11(17-12(15)16-10)19-9-3-2-7(6-14)4-8(9)13/h2-5H,1H3,(H2,15,16,17). The van der Waals surface area contributed by atoms with Crippen molar-refractivity contribution in [2.75, 3.05) is 12.8 Å². The molecule has 0 fully saturated rings. The number of methoxy groups -OCH3 is 1. The van der Waals surface area contributed by atoms with Crippen LogP contribution in [0.2, 0.25) is 0 Å². The van der Waals surface area contributed by atoms with Gasteiger partial charge in [-0.2, -0.15) is 15.2 Å². The molecule has 0 spiro atoms. The van der Waals surface area contributed by atoms with Crippen LogP contribution in [0, 0.1) is 17.1 Å². The Bertz CT molecular complexity index is 655. The van der Waals surface area contributed by atoms with E-state index in [4.69, 9.17) is 20.5 Å². The number of nitrogens with two attached hydrogens (primary N) is 1. The fourth-order valence-corrected chi connectivity index (χ4v) is 1.34. The molecular formula is C12H9FN4O2. The number of nitrogens with zero attached hydrogens (tertiary/aromatic N) is 3. The molecule has 6 nitrogen and oxygen atoms in total. The van der Waals surface area contributed by atoms with E-state index in [1.807, 2.05) is 6.07 Å². The maximum absolute atomic E-state index is 13.6.